The number of ketones is 1. The minimum atomic E-state index is -1.41. The highest BCUT2D eigenvalue weighted by atomic mass is 16.4. The summed E-state index contributed by atoms with van der Waals surface area (Å²) in [6.45, 7) is 1.82. The van der Waals surface area contributed by atoms with Crippen LogP contribution < -0.4 is 0 Å². The topological polar surface area (TPSA) is 90.9 Å². The van der Waals surface area contributed by atoms with Crippen LogP contribution >= 0.6 is 0 Å². The van der Waals surface area contributed by atoms with Gasteiger partial charge in [-0.25, -0.2) is 0 Å². The number of furan rings is 1. The summed E-state index contributed by atoms with van der Waals surface area (Å²) in [7, 11) is 0. The first-order valence-corrected chi connectivity index (χ1v) is 9.43. The Hall–Kier alpha value is -1.17. The second kappa shape index (κ2) is 4.56. The molecule has 0 amide bonds. The first-order chi connectivity index (χ1) is 11.8. The fourth-order valence-electron chi connectivity index (χ4n) is 7.40. The zero-order chi connectivity index (χ0) is 17.7. The minimum Gasteiger partial charge on any atom is -0.461 e. The van der Waals surface area contributed by atoms with Crippen LogP contribution in [0.2, 0.25) is 0 Å². The molecule has 4 aliphatic rings. The molecule has 1 spiro atoms. The molecular formula is C20H26O5. The van der Waals surface area contributed by atoms with Gasteiger partial charge >= 0.3 is 0 Å². The molecule has 0 aliphatic heterocycles. The molecule has 3 saturated carbocycles. The summed E-state index contributed by atoms with van der Waals surface area (Å²) < 4.78 is 5.46. The third-order valence-electron chi connectivity index (χ3n) is 8.39. The molecule has 1 heterocycles. The lowest BCUT2D eigenvalue weighted by Crippen LogP contribution is -2.55. The molecule has 3 N–H and O–H groups in total. The van der Waals surface area contributed by atoms with E-state index < -0.39 is 17.8 Å². The SMILES string of the molecule is CC12CC(=O)c3occc3C1CCC13CC(O)(CO)C(O)(CCC12)C3. The van der Waals surface area contributed by atoms with Gasteiger partial charge in [-0.2, -0.15) is 0 Å². The van der Waals surface area contributed by atoms with E-state index in [-0.39, 0.29) is 22.5 Å². The molecule has 5 nitrogen and oxygen atoms in total. The van der Waals surface area contributed by atoms with Gasteiger partial charge in [0.1, 0.15) is 5.60 Å². The summed E-state index contributed by atoms with van der Waals surface area (Å²) in [5, 5.41) is 31.8. The van der Waals surface area contributed by atoms with Crippen molar-refractivity contribution in [2.75, 3.05) is 6.61 Å². The molecule has 0 aromatic carbocycles. The number of Topliss-reactive ketones (excluding diaryl/α,β-unsaturated/α-hetero) is 1. The van der Waals surface area contributed by atoms with Crippen molar-refractivity contribution in [2.24, 2.45) is 16.7 Å². The van der Waals surface area contributed by atoms with Crippen LogP contribution in [-0.4, -0.2) is 38.9 Å². The molecule has 1 aromatic heterocycles. The summed E-state index contributed by atoms with van der Waals surface area (Å²) in [4.78, 5) is 12.7. The number of fused-ring (bicyclic) bond motifs is 5. The van der Waals surface area contributed by atoms with Crippen LogP contribution in [0.15, 0.2) is 16.7 Å². The van der Waals surface area contributed by atoms with Crippen molar-refractivity contribution in [3.63, 3.8) is 0 Å². The van der Waals surface area contributed by atoms with Crippen molar-refractivity contribution < 1.29 is 24.5 Å². The third-order valence-corrected chi connectivity index (χ3v) is 8.39. The lowest BCUT2D eigenvalue weighted by atomic mass is 9.44. The number of aliphatic hydroxyl groups is 3. The molecular weight excluding hydrogens is 320 g/mol. The highest BCUT2D eigenvalue weighted by Crippen LogP contribution is 2.72. The first kappa shape index (κ1) is 16.0. The number of rotatable bonds is 1. The Morgan fingerprint density at radius 2 is 2.04 bits per heavy atom. The Morgan fingerprint density at radius 1 is 1.24 bits per heavy atom. The second-order valence-electron chi connectivity index (χ2n) is 9.43. The summed E-state index contributed by atoms with van der Waals surface area (Å²) in [5.41, 5.74) is -1.92. The van der Waals surface area contributed by atoms with Crippen molar-refractivity contribution in [2.45, 2.75) is 69.0 Å². The molecule has 6 atom stereocenters. The summed E-state index contributed by atoms with van der Waals surface area (Å²) in [6.07, 6.45) is 6.21. The fourth-order valence-corrected chi connectivity index (χ4v) is 7.40. The van der Waals surface area contributed by atoms with Crippen LogP contribution in [0.5, 0.6) is 0 Å². The zero-order valence-electron chi connectivity index (χ0n) is 14.6. The number of hydrogen-bond acceptors (Lipinski definition) is 5. The Bertz CT molecular complexity index is 753. The number of carbonyl (C=O) groups excluding carboxylic acids is 1. The van der Waals surface area contributed by atoms with Gasteiger partial charge in [0.05, 0.1) is 18.5 Å². The van der Waals surface area contributed by atoms with E-state index in [2.05, 4.69) is 6.92 Å². The lowest BCUT2D eigenvalue weighted by molar-refractivity contribution is -0.162. The van der Waals surface area contributed by atoms with Crippen LogP contribution in [0.3, 0.4) is 0 Å². The van der Waals surface area contributed by atoms with Gasteiger partial charge in [-0.15, -0.1) is 0 Å². The fraction of sp³-hybridized carbons (Fsp3) is 0.750. The average molecular weight is 346 g/mol. The summed E-state index contributed by atoms with van der Waals surface area (Å²) in [5.74, 6) is 1.17. The minimum absolute atomic E-state index is 0.0760. The van der Waals surface area contributed by atoms with Crippen molar-refractivity contribution in [1.29, 1.82) is 0 Å². The molecule has 136 valence electrons. The Labute approximate surface area is 147 Å². The molecule has 5 rings (SSSR count). The summed E-state index contributed by atoms with van der Waals surface area (Å²) in [6, 6.07) is 1.95. The van der Waals surface area contributed by atoms with Gasteiger partial charge in [0.15, 0.2) is 11.5 Å². The van der Waals surface area contributed by atoms with E-state index in [1.807, 2.05) is 6.07 Å². The number of hydrogen-bond donors (Lipinski definition) is 3. The van der Waals surface area contributed by atoms with Crippen LogP contribution in [0.1, 0.15) is 73.9 Å². The summed E-state index contributed by atoms with van der Waals surface area (Å²) >= 11 is 0. The Morgan fingerprint density at radius 3 is 2.80 bits per heavy atom. The Balaban J connectivity index is 1.60. The maximum atomic E-state index is 12.7. The van der Waals surface area contributed by atoms with Crippen LogP contribution in [-0.2, 0) is 0 Å². The molecule has 25 heavy (non-hydrogen) atoms. The van der Waals surface area contributed by atoms with Gasteiger partial charge in [-0.3, -0.25) is 4.79 Å². The van der Waals surface area contributed by atoms with Gasteiger partial charge in [0, 0.05) is 12.0 Å². The van der Waals surface area contributed by atoms with E-state index in [1.165, 1.54) is 0 Å². The average Bonchev–Trinajstić information content (AvgIpc) is 3.08. The molecule has 0 saturated heterocycles. The Kier molecular flexibility index (Phi) is 2.93. The highest BCUT2D eigenvalue weighted by molar-refractivity contribution is 5.97. The van der Waals surface area contributed by atoms with Crippen molar-refractivity contribution >= 4 is 5.78 Å². The van der Waals surface area contributed by atoms with E-state index in [1.54, 1.807) is 6.26 Å². The standard InChI is InChI=1S/C20H26O5/c1-17-8-14(22)16-12(4-7-25-16)13(17)2-5-18-9-19(23,6-3-15(17)18)20(24,10-18)11-21/h4,7,13,15,21,23-24H,2-3,5-6,8-11H2,1H3. The molecule has 2 bridgehead atoms. The third kappa shape index (κ3) is 1.72. The quantitative estimate of drug-likeness (QED) is 0.726. The molecule has 1 aromatic rings. The lowest BCUT2D eigenvalue weighted by Gasteiger charge is -2.59. The van der Waals surface area contributed by atoms with Gasteiger partial charge in [-0.05, 0) is 67.3 Å². The molecule has 5 heteroatoms. The van der Waals surface area contributed by atoms with Crippen LogP contribution in [0.25, 0.3) is 0 Å². The van der Waals surface area contributed by atoms with E-state index in [0.717, 1.165) is 24.8 Å². The van der Waals surface area contributed by atoms with E-state index in [9.17, 15) is 20.1 Å². The number of aliphatic hydroxyl groups excluding tert-OH is 1. The molecule has 6 unspecified atom stereocenters. The maximum Gasteiger partial charge on any atom is 0.198 e. The van der Waals surface area contributed by atoms with Gasteiger partial charge in [0.2, 0.25) is 0 Å². The normalized spacial score (nSPS) is 51.0. The molecule has 0 radical (unpaired) electrons. The first-order valence-electron chi connectivity index (χ1n) is 9.43. The smallest absolute Gasteiger partial charge is 0.198 e. The van der Waals surface area contributed by atoms with Crippen molar-refractivity contribution in [1.82, 2.24) is 0 Å². The van der Waals surface area contributed by atoms with Crippen LogP contribution in [0, 0.1) is 16.7 Å². The largest absolute Gasteiger partial charge is 0.461 e. The molecule has 4 aliphatic carbocycles. The van der Waals surface area contributed by atoms with Crippen molar-refractivity contribution in [3.8, 4) is 0 Å². The highest BCUT2D eigenvalue weighted by Gasteiger charge is 2.71. The molecule has 3 fully saturated rings. The van der Waals surface area contributed by atoms with E-state index >= 15 is 0 Å². The van der Waals surface area contributed by atoms with E-state index in [4.69, 9.17) is 4.42 Å². The maximum absolute atomic E-state index is 12.7. The predicted molar refractivity (Wildman–Crippen MR) is 89.1 cm³/mol. The van der Waals surface area contributed by atoms with Gasteiger partial charge in [-0.1, -0.05) is 6.92 Å². The monoisotopic (exact) mass is 346 g/mol. The predicted octanol–water partition coefficient (Wildman–Crippen LogP) is 2.39. The van der Waals surface area contributed by atoms with Crippen LogP contribution in [0.4, 0.5) is 0 Å². The van der Waals surface area contributed by atoms with Gasteiger partial charge < -0.3 is 19.7 Å². The zero-order valence-corrected chi connectivity index (χ0v) is 14.6. The number of carbonyl (C=O) groups is 1. The van der Waals surface area contributed by atoms with E-state index in [0.29, 0.717) is 37.4 Å². The van der Waals surface area contributed by atoms with Crippen molar-refractivity contribution in [3.05, 3.63) is 23.7 Å². The second-order valence-corrected chi connectivity index (χ2v) is 9.43. The van der Waals surface area contributed by atoms with Gasteiger partial charge in [0.25, 0.3) is 0 Å².